The topological polar surface area (TPSA) is 49.3 Å². The molecule has 0 saturated heterocycles. The molecule has 0 bridgehead atoms. The molecule has 1 rings (SSSR count). The van der Waals surface area contributed by atoms with Crippen LogP contribution < -0.4 is 5.32 Å². The van der Waals surface area contributed by atoms with Gasteiger partial charge < -0.3 is 10.4 Å². The molecule has 0 unspecified atom stereocenters. The number of hydrogen-bond donors (Lipinski definition) is 2. The fraction of sp³-hybridized carbons (Fsp3) is 0. The van der Waals surface area contributed by atoms with Crippen LogP contribution in [0.1, 0.15) is 5.56 Å². The Kier molecular flexibility index (Phi) is 2.90. The Balaban J connectivity index is 2.69. The SMILES string of the molecule is O=CN/C=C/c1cccc(O)c1. The number of benzene rings is 1. The lowest BCUT2D eigenvalue weighted by Gasteiger charge is -1.93. The smallest absolute Gasteiger partial charge is 0.211 e. The molecule has 12 heavy (non-hydrogen) atoms. The molecule has 1 aromatic carbocycles. The maximum Gasteiger partial charge on any atom is 0.211 e. The zero-order valence-corrected chi connectivity index (χ0v) is 6.40. The van der Waals surface area contributed by atoms with Crippen molar-refractivity contribution in [3.8, 4) is 5.75 Å². The highest BCUT2D eigenvalue weighted by Crippen LogP contribution is 2.11. The highest BCUT2D eigenvalue weighted by Gasteiger charge is 1.87. The summed E-state index contributed by atoms with van der Waals surface area (Å²) in [5, 5.41) is 11.4. The Morgan fingerprint density at radius 1 is 1.42 bits per heavy atom. The van der Waals surface area contributed by atoms with Gasteiger partial charge in [0.2, 0.25) is 6.41 Å². The molecular weight excluding hydrogens is 154 g/mol. The van der Waals surface area contributed by atoms with Gasteiger partial charge >= 0.3 is 0 Å². The second kappa shape index (κ2) is 4.18. The predicted octanol–water partition coefficient (Wildman–Crippen LogP) is 1.11. The first-order valence-corrected chi connectivity index (χ1v) is 3.48. The molecule has 1 amide bonds. The lowest BCUT2D eigenvalue weighted by Crippen LogP contribution is -1.97. The molecule has 3 nitrogen and oxygen atoms in total. The van der Waals surface area contributed by atoms with Crippen molar-refractivity contribution in [2.75, 3.05) is 0 Å². The molecule has 2 N–H and O–H groups in total. The summed E-state index contributed by atoms with van der Waals surface area (Å²) in [6, 6.07) is 6.74. The largest absolute Gasteiger partial charge is 0.508 e. The van der Waals surface area contributed by atoms with Crippen LogP contribution in [-0.4, -0.2) is 11.5 Å². The predicted molar refractivity (Wildman–Crippen MR) is 46.3 cm³/mol. The minimum Gasteiger partial charge on any atom is -0.508 e. The minimum absolute atomic E-state index is 0.211. The van der Waals surface area contributed by atoms with Gasteiger partial charge in [-0.3, -0.25) is 4.79 Å². The average molecular weight is 163 g/mol. The van der Waals surface area contributed by atoms with E-state index in [-0.39, 0.29) is 5.75 Å². The number of phenolic OH excluding ortho intramolecular Hbond substituents is 1. The quantitative estimate of drug-likeness (QED) is 0.656. The van der Waals surface area contributed by atoms with Gasteiger partial charge in [0.1, 0.15) is 5.75 Å². The van der Waals surface area contributed by atoms with E-state index in [4.69, 9.17) is 5.11 Å². The zero-order chi connectivity index (χ0) is 8.81. The van der Waals surface area contributed by atoms with Gasteiger partial charge in [0.25, 0.3) is 0 Å². The van der Waals surface area contributed by atoms with Gasteiger partial charge in [0.05, 0.1) is 0 Å². The van der Waals surface area contributed by atoms with E-state index in [1.165, 1.54) is 6.20 Å². The number of phenols is 1. The molecule has 0 radical (unpaired) electrons. The number of hydrogen-bond acceptors (Lipinski definition) is 2. The van der Waals surface area contributed by atoms with Crippen molar-refractivity contribution in [3.05, 3.63) is 36.0 Å². The van der Waals surface area contributed by atoms with Crippen LogP contribution in [0.3, 0.4) is 0 Å². The Hall–Kier alpha value is -1.77. The highest BCUT2D eigenvalue weighted by molar-refractivity contribution is 5.56. The summed E-state index contributed by atoms with van der Waals surface area (Å²) in [4.78, 5) is 9.85. The van der Waals surface area contributed by atoms with Gasteiger partial charge in [-0.05, 0) is 23.8 Å². The Labute approximate surface area is 70.3 Å². The standard InChI is InChI=1S/C9H9NO2/c11-7-10-5-4-8-2-1-3-9(12)6-8/h1-7,12H,(H,10,11)/b5-4+. The molecule has 0 aromatic heterocycles. The van der Waals surface area contributed by atoms with E-state index in [2.05, 4.69) is 5.32 Å². The summed E-state index contributed by atoms with van der Waals surface area (Å²) < 4.78 is 0. The molecule has 0 spiro atoms. The summed E-state index contributed by atoms with van der Waals surface area (Å²) in [5.74, 6) is 0.211. The van der Waals surface area contributed by atoms with Crippen LogP contribution in [0, 0.1) is 0 Å². The molecule has 62 valence electrons. The van der Waals surface area contributed by atoms with Gasteiger partial charge in [-0.1, -0.05) is 12.1 Å². The van der Waals surface area contributed by atoms with Gasteiger partial charge in [0.15, 0.2) is 0 Å². The highest BCUT2D eigenvalue weighted by atomic mass is 16.3. The second-order valence-corrected chi connectivity index (χ2v) is 2.21. The van der Waals surface area contributed by atoms with E-state index in [0.29, 0.717) is 6.41 Å². The summed E-state index contributed by atoms with van der Waals surface area (Å²) in [5.41, 5.74) is 0.837. The normalized spacial score (nSPS) is 10.0. The van der Waals surface area contributed by atoms with Crippen LogP contribution in [0.15, 0.2) is 30.5 Å². The van der Waals surface area contributed by atoms with Gasteiger partial charge in [-0.15, -0.1) is 0 Å². The van der Waals surface area contributed by atoms with E-state index in [9.17, 15) is 4.79 Å². The first kappa shape index (κ1) is 8.33. The molecule has 3 heteroatoms. The fourth-order valence-electron chi connectivity index (χ4n) is 0.812. The van der Waals surface area contributed by atoms with Crippen LogP contribution >= 0.6 is 0 Å². The van der Waals surface area contributed by atoms with Gasteiger partial charge in [-0.25, -0.2) is 0 Å². The molecule has 0 aliphatic carbocycles. The first-order chi connectivity index (χ1) is 5.83. The third-order valence-corrected chi connectivity index (χ3v) is 1.31. The molecular formula is C9H9NO2. The van der Waals surface area contributed by atoms with Crippen LogP contribution in [0.2, 0.25) is 0 Å². The van der Waals surface area contributed by atoms with Crippen molar-refractivity contribution in [1.82, 2.24) is 5.32 Å². The van der Waals surface area contributed by atoms with Crippen LogP contribution in [-0.2, 0) is 4.79 Å². The van der Waals surface area contributed by atoms with E-state index >= 15 is 0 Å². The molecule has 0 heterocycles. The third-order valence-electron chi connectivity index (χ3n) is 1.31. The third kappa shape index (κ3) is 2.46. The Morgan fingerprint density at radius 2 is 2.25 bits per heavy atom. The molecule has 0 aliphatic rings. The van der Waals surface area contributed by atoms with Crippen LogP contribution in [0.4, 0.5) is 0 Å². The van der Waals surface area contributed by atoms with Gasteiger partial charge in [0, 0.05) is 6.20 Å². The van der Waals surface area contributed by atoms with Crippen LogP contribution in [0.25, 0.3) is 6.08 Å². The molecule has 1 aromatic rings. The second-order valence-electron chi connectivity index (χ2n) is 2.21. The average Bonchev–Trinajstić information content (AvgIpc) is 2.05. The summed E-state index contributed by atoms with van der Waals surface area (Å²) >= 11 is 0. The van der Waals surface area contributed by atoms with E-state index < -0.39 is 0 Å². The van der Waals surface area contributed by atoms with Crippen molar-refractivity contribution in [2.24, 2.45) is 0 Å². The maximum absolute atomic E-state index is 9.85. The van der Waals surface area contributed by atoms with Crippen molar-refractivity contribution < 1.29 is 9.90 Å². The molecule has 0 saturated carbocycles. The minimum atomic E-state index is 0.211. The number of aromatic hydroxyl groups is 1. The lowest BCUT2D eigenvalue weighted by atomic mass is 10.2. The maximum atomic E-state index is 9.85. The number of rotatable bonds is 3. The van der Waals surface area contributed by atoms with E-state index in [1.807, 2.05) is 6.07 Å². The molecule has 0 aliphatic heterocycles. The van der Waals surface area contributed by atoms with Crippen molar-refractivity contribution in [1.29, 1.82) is 0 Å². The number of nitrogens with one attached hydrogen (secondary N) is 1. The molecule has 0 fully saturated rings. The zero-order valence-electron chi connectivity index (χ0n) is 6.40. The number of carbonyl (C=O) groups excluding carboxylic acids is 1. The Bertz CT molecular complexity index is 294. The van der Waals surface area contributed by atoms with Crippen molar-refractivity contribution in [3.63, 3.8) is 0 Å². The van der Waals surface area contributed by atoms with Crippen molar-refractivity contribution in [2.45, 2.75) is 0 Å². The summed E-state index contributed by atoms with van der Waals surface area (Å²) in [6.45, 7) is 0. The van der Waals surface area contributed by atoms with E-state index in [0.717, 1.165) is 5.56 Å². The lowest BCUT2D eigenvalue weighted by molar-refractivity contribution is -0.108. The van der Waals surface area contributed by atoms with E-state index in [1.54, 1.807) is 24.3 Å². The number of carbonyl (C=O) groups is 1. The van der Waals surface area contributed by atoms with Crippen LogP contribution in [0.5, 0.6) is 5.75 Å². The monoisotopic (exact) mass is 163 g/mol. The first-order valence-electron chi connectivity index (χ1n) is 3.48. The van der Waals surface area contributed by atoms with Gasteiger partial charge in [-0.2, -0.15) is 0 Å². The summed E-state index contributed by atoms with van der Waals surface area (Å²) in [7, 11) is 0. The van der Waals surface area contributed by atoms with Crippen molar-refractivity contribution >= 4 is 12.5 Å². The Morgan fingerprint density at radius 3 is 2.92 bits per heavy atom. The number of amides is 1. The summed E-state index contributed by atoms with van der Waals surface area (Å²) in [6.07, 6.45) is 3.77. The molecule has 0 atom stereocenters. The fourth-order valence-corrected chi connectivity index (χ4v) is 0.812.